The first-order valence-electron chi connectivity index (χ1n) is 7.16. The number of hydrogen-bond acceptors (Lipinski definition) is 4. The summed E-state index contributed by atoms with van der Waals surface area (Å²) in [4.78, 5) is 4.53. The maximum absolute atomic E-state index is 9.07. The molecule has 0 saturated heterocycles. The Labute approximate surface area is 123 Å². The highest BCUT2D eigenvalue weighted by atomic mass is 32.1. The number of rotatable bonds is 5. The van der Waals surface area contributed by atoms with Gasteiger partial charge in [-0.3, -0.25) is 0 Å². The van der Waals surface area contributed by atoms with E-state index >= 15 is 0 Å². The van der Waals surface area contributed by atoms with Gasteiger partial charge >= 0.3 is 0 Å². The predicted molar refractivity (Wildman–Crippen MR) is 81.5 cm³/mol. The molecule has 0 atom stereocenters. The molecule has 106 valence electrons. The van der Waals surface area contributed by atoms with Crippen LogP contribution in [0.3, 0.4) is 0 Å². The van der Waals surface area contributed by atoms with E-state index in [0.717, 1.165) is 12.1 Å². The van der Waals surface area contributed by atoms with Crippen molar-refractivity contribution in [2.24, 2.45) is 0 Å². The number of hydrogen-bond donors (Lipinski definition) is 2. The van der Waals surface area contributed by atoms with Crippen molar-refractivity contribution in [3.63, 3.8) is 0 Å². The van der Waals surface area contributed by atoms with E-state index in [9.17, 15) is 0 Å². The van der Waals surface area contributed by atoms with Crippen molar-refractivity contribution in [1.82, 2.24) is 10.3 Å². The molecule has 0 radical (unpaired) electrons. The number of aliphatic hydroxyl groups is 1. The number of aliphatic hydroxyl groups excluding tert-OH is 1. The van der Waals surface area contributed by atoms with Gasteiger partial charge < -0.3 is 10.4 Å². The molecule has 3 rings (SSSR count). The third kappa shape index (κ3) is 2.77. The Bertz CT molecular complexity index is 530. The van der Waals surface area contributed by atoms with Gasteiger partial charge in [0.2, 0.25) is 0 Å². The summed E-state index contributed by atoms with van der Waals surface area (Å²) in [5, 5.41) is 16.1. The maximum atomic E-state index is 9.07. The van der Waals surface area contributed by atoms with Gasteiger partial charge in [-0.2, -0.15) is 0 Å². The SMILES string of the molecule is OCc1ccc(CNC2(c3nccs3)CCCC2)cc1. The van der Waals surface area contributed by atoms with Crippen LogP contribution in [-0.2, 0) is 18.7 Å². The minimum Gasteiger partial charge on any atom is -0.392 e. The molecule has 1 heterocycles. The van der Waals surface area contributed by atoms with E-state index in [1.54, 1.807) is 11.3 Å². The minimum atomic E-state index is 0.0732. The molecule has 2 N–H and O–H groups in total. The zero-order valence-electron chi connectivity index (χ0n) is 11.5. The summed E-state index contributed by atoms with van der Waals surface area (Å²) in [6, 6.07) is 8.15. The van der Waals surface area contributed by atoms with Crippen LogP contribution in [0, 0.1) is 0 Å². The molecule has 0 aliphatic heterocycles. The molecule has 20 heavy (non-hydrogen) atoms. The summed E-state index contributed by atoms with van der Waals surface area (Å²) in [5.74, 6) is 0. The van der Waals surface area contributed by atoms with Gasteiger partial charge in [-0.05, 0) is 24.0 Å². The minimum absolute atomic E-state index is 0.0732. The monoisotopic (exact) mass is 288 g/mol. The van der Waals surface area contributed by atoms with Crippen molar-refractivity contribution in [3.8, 4) is 0 Å². The zero-order chi connectivity index (χ0) is 13.8. The summed E-state index contributed by atoms with van der Waals surface area (Å²) < 4.78 is 0. The van der Waals surface area contributed by atoms with Gasteiger partial charge in [0.05, 0.1) is 12.1 Å². The maximum Gasteiger partial charge on any atom is 0.113 e. The topological polar surface area (TPSA) is 45.1 Å². The molecule has 1 aliphatic rings. The third-order valence-corrected chi connectivity index (χ3v) is 5.11. The van der Waals surface area contributed by atoms with Crippen LogP contribution in [-0.4, -0.2) is 10.1 Å². The number of aromatic nitrogens is 1. The second-order valence-corrected chi connectivity index (χ2v) is 6.35. The largest absolute Gasteiger partial charge is 0.392 e. The van der Waals surface area contributed by atoms with Crippen LogP contribution < -0.4 is 5.32 Å². The zero-order valence-corrected chi connectivity index (χ0v) is 12.3. The Morgan fingerprint density at radius 2 is 1.85 bits per heavy atom. The number of nitrogens with one attached hydrogen (secondary N) is 1. The first kappa shape index (κ1) is 13.7. The van der Waals surface area contributed by atoms with Gasteiger partial charge in [0, 0.05) is 18.1 Å². The summed E-state index contributed by atoms with van der Waals surface area (Å²) >= 11 is 1.75. The summed E-state index contributed by atoms with van der Waals surface area (Å²) in [6.07, 6.45) is 6.80. The first-order valence-corrected chi connectivity index (χ1v) is 8.04. The quantitative estimate of drug-likeness (QED) is 0.888. The Balaban J connectivity index is 1.71. The Kier molecular flexibility index (Phi) is 4.15. The van der Waals surface area contributed by atoms with Gasteiger partial charge in [0.25, 0.3) is 0 Å². The lowest BCUT2D eigenvalue weighted by Gasteiger charge is -2.28. The fourth-order valence-corrected chi connectivity index (χ4v) is 3.81. The van der Waals surface area contributed by atoms with Crippen molar-refractivity contribution in [3.05, 3.63) is 52.0 Å². The molecule has 1 saturated carbocycles. The van der Waals surface area contributed by atoms with Gasteiger partial charge in [-0.15, -0.1) is 11.3 Å². The van der Waals surface area contributed by atoms with E-state index in [1.807, 2.05) is 18.3 Å². The molecule has 0 unspecified atom stereocenters. The van der Waals surface area contributed by atoms with Crippen molar-refractivity contribution in [1.29, 1.82) is 0 Å². The predicted octanol–water partition coefficient (Wildman–Crippen LogP) is 3.19. The van der Waals surface area contributed by atoms with Crippen LogP contribution in [0.4, 0.5) is 0 Å². The molecule has 1 aliphatic carbocycles. The Hall–Kier alpha value is -1.23. The highest BCUT2D eigenvalue weighted by Crippen LogP contribution is 2.39. The molecule has 4 heteroatoms. The highest BCUT2D eigenvalue weighted by Gasteiger charge is 2.37. The second kappa shape index (κ2) is 6.04. The Morgan fingerprint density at radius 3 is 2.45 bits per heavy atom. The molecule has 0 bridgehead atoms. The van der Waals surface area contributed by atoms with Crippen molar-refractivity contribution < 1.29 is 5.11 Å². The van der Waals surface area contributed by atoms with E-state index in [4.69, 9.17) is 5.11 Å². The van der Waals surface area contributed by atoms with Crippen LogP contribution in [0.15, 0.2) is 35.8 Å². The van der Waals surface area contributed by atoms with Crippen molar-refractivity contribution in [2.45, 2.75) is 44.4 Å². The summed E-state index contributed by atoms with van der Waals surface area (Å²) in [5.41, 5.74) is 2.29. The second-order valence-electron chi connectivity index (χ2n) is 5.45. The molecule has 2 aromatic rings. The first-order chi connectivity index (χ1) is 9.82. The van der Waals surface area contributed by atoms with Gasteiger partial charge in [-0.1, -0.05) is 37.1 Å². The molecule has 1 aromatic carbocycles. The molecule has 1 aromatic heterocycles. The number of thiazole rings is 1. The highest BCUT2D eigenvalue weighted by molar-refractivity contribution is 7.09. The normalized spacial score (nSPS) is 17.4. The third-order valence-electron chi connectivity index (χ3n) is 4.14. The molecule has 0 spiro atoms. The van der Waals surface area contributed by atoms with E-state index < -0.39 is 0 Å². The van der Waals surface area contributed by atoms with Crippen LogP contribution in [0.1, 0.15) is 41.8 Å². The van der Waals surface area contributed by atoms with E-state index in [1.165, 1.54) is 36.3 Å². The number of nitrogens with zero attached hydrogens (tertiary/aromatic N) is 1. The fraction of sp³-hybridized carbons (Fsp3) is 0.438. The van der Waals surface area contributed by atoms with Crippen LogP contribution in [0.25, 0.3) is 0 Å². The summed E-state index contributed by atoms with van der Waals surface area (Å²) in [6.45, 7) is 0.960. The van der Waals surface area contributed by atoms with Gasteiger partial charge in [0.15, 0.2) is 0 Å². The smallest absolute Gasteiger partial charge is 0.113 e. The molecule has 0 amide bonds. The Morgan fingerprint density at radius 1 is 1.15 bits per heavy atom. The van der Waals surface area contributed by atoms with Crippen LogP contribution in [0.5, 0.6) is 0 Å². The molecular weight excluding hydrogens is 268 g/mol. The molecule has 1 fully saturated rings. The lowest BCUT2D eigenvalue weighted by molar-refractivity contribution is 0.282. The average molecular weight is 288 g/mol. The number of benzene rings is 1. The fourth-order valence-electron chi connectivity index (χ4n) is 2.94. The molecule has 3 nitrogen and oxygen atoms in total. The van der Waals surface area contributed by atoms with Crippen LogP contribution in [0.2, 0.25) is 0 Å². The van der Waals surface area contributed by atoms with Crippen LogP contribution >= 0.6 is 11.3 Å². The van der Waals surface area contributed by atoms with Crippen molar-refractivity contribution >= 4 is 11.3 Å². The van der Waals surface area contributed by atoms with E-state index in [0.29, 0.717) is 0 Å². The van der Waals surface area contributed by atoms with Gasteiger partial charge in [0.1, 0.15) is 5.01 Å². The molecular formula is C16H20N2OS. The van der Waals surface area contributed by atoms with E-state index in [2.05, 4.69) is 27.8 Å². The van der Waals surface area contributed by atoms with Gasteiger partial charge in [-0.25, -0.2) is 4.98 Å². The van der Waals surface area contributed by atoms with E-state index in [-0.39, 0.29) is 12.1 Å². The van der Waals surface area contributed by atoms with Crippen molar-refractivity contribution in [2.75, 3.05) is 0 Å². The lowest BCUT2D eigenvalue weighted by Crippen LogP contribution is -2.39. The summed E-state index contributed by atoms with van der Waals surface area (Å²) in [7, 11) is 0. The average Bonchev–Trinajstić information content (AvgIpc) is 3.17. The standard InChI is InChI=1S/C16H20N2OS/c19-12-14-5-3-13(4-6-14)11-18-16(7-1-2-8-16)15-17-9-10-20-15/h3-6,9-10,18-19H,1-2,7-8,11-12H2. The lowest BCUT2D eigenvalue weighted by atomic mass is 9.98.